The summed E-state index contributed by atoms with van der Waals surface area (Å²) in [7, 11) is 0. The van der Waals surface area contributed by atoms with E-state index in [0.717, 1.165) is 18.2 Å². The predicted octanol–water partition coefficient (Wildman–Crippen LogP) is 1.73. The van der Waals surface area contributed by atoms with E-state index in [9.17, 15) is 27.6 Å². The SMILES string of the molecule is CCOC(=O)/C=C/C[C@@H](NC(=O)Cc1cccc(C(F)(F)F)c1)C(N)=O. The summed E-state index contributed by atoms with van der Waals surface area (Å²) in [5.74, 6) is -2.11. The van der Waals surface area contributed by atoms with Crippen molar-refractivity contribution < 1.29 is 32.3 Å². The molecule has 2 amide bonds. The number of esters is 1. The van der Waals surface area contributed by atoms with Crippen LogP contribution in [0.15, 0.2) is 36.4 Å². The molecule has 0 aliphatic carbocycles. The van der Waals surface area contributed by atoms with Gasteiger partial charge < -0.3 is 15.8 Å². The van der Waals surface area contributed by atoms with Crippen LogP contribution < -0.4 is 11.1 Å². The van der Waals surface area contributed by atoms with Gasteiger partial charge in [0.15, 0.2) is 0 Å². The van der Waals surface area contributed by atoms with E-state index >= 15 is 0 Å². The second-order valence-electron chi connectivity index (χ2n) is 5.29. The number of alkyl halides is 3. The van der Waals surface area contributed by atoms with Crippen LogP contribution in [-0.4, -0.2) is 30.4 Å². The van der Waals surface area contributed by atoms with Crippen molar-refractivity contribution in [3.05, 3.63) is 47.5 Å². The fourth-order valence-corrected chi connectivity index (χ4v) is 2.03. The highest BCUT2D eigenvalue weighted by atomic mass is 19.4. The van der Waals surface area contributed by atoms with E-state index in [1.807, 2.05) is 0 Å². The van der Waals surface area contributed by atoms with E-state index in [0.29, 0.717) is 0 Å². The van der Waals surface area contributed by atoms with E-state index in [4.69, 9.17) is 5.73 Å². The lowest BCUT2D eigenvalue weighted by Gasteiger charge is -2.14. The van der Waals surface area contributed by atoms with Crippen molar-refractivity contribution in [2.45, 2.75) is 32.0 Å². The predicted molar refractivity (Wildman–Crippen MR) is 86.7 cm³/mol. The van der Waals surface area contributed by atoms with Gasteiger partial charge in [0.2, 0.25) is 11.8 Å². The third kappa shape index (κ3) is 7.37. The lowest BCUT2D eigenvalue weighted by molar-refractivity contribution is -0.138. The van der Waals surface area contributed by atoms with Gasteiger partial charge >= 0.3 is 12.1 Å². The number of nitrogens with two attached hydrogens (primary N) is 1. The minimum Gasteiger partial charge on any atom is -0.463 e. The number of halogens is 3. The summed E-state index contributed by atoms with van der Waals surface area (Å²) in [5, 5.41) is 2.33. The molecular formula is C17H19F3N2O4. The van der Waals surface area contributed by atoms with Crippen LogP contribution in [0.4, 0.5) is 13.2 Å². The van der Waals surface area contributed by atoms with Crippen LogP contribution in [-0.2, 0) is 31.7 Å². The third-order valence-corrected chi connectivity index (χ3v) is 3.21. The quantitative estimate of drug-likeness (QED) is 0.536. The van der Waals surface area contributed by atoms with Gasteiger partial charge in [-0.05, 0) is 25.0 Å². The first-order valence-electron chi connectivity index (χ1n) is 7.71. The van der Waals surface area contributed by atoms with Crippen molar-refractivity contribution in [1.29, 1.82) is 0 Å². The summed E-state index contributed by atoms with van der Waals surface area (Å²) >= 11 is 0. The number of hydrogen-bond acceptors (Lipinski definition) is 4. The molecule has 1 atom stereocenters. The molecule has 142 valence electrons. The molecule has 26 heavy (non-hydrogen) atoms. The Labute approximate surface area is 148 Å². The van der Waals surface area contributed by atoms with Crippen LogP contribution in [0.2, 0.25) is 0 Å². The smallest absolute Gasteiger partial charge is 0.416 e. The molecule has 0 aliphatic rings. The van der Waals surface area contributed by atoms with Crippen LogP contribution in [0.1, 0.15) is 24.5 Å². The lowest BCUT2D eigenvalue weighted by Crippen LogP contribution is -2.44. The molecular weight excluding hydrogens is 353 g/mol. The Morgan fingerprint density at radius 3 is 2.58 bits per heavy atom. The number of carbonyl (C=O) groups is 3. The number of rotatable bonds is 8. The highest BCUT2D eigenvalue weighted by Crippen LogP contribution is 2.29. The Hall–Kier alpha value is -2.84. The maximum atomic E-state index is 12.7. The molecule has 0 spiro atoms. The molecule has 0 bridgehead atoms. The minimum atomic E-state index is -4.51. The molecule has 0 aromatic heterocycles. The highest BCUT2D eigenvalue weighted by molar-refractivity contribution is 5.88. The number of hydrogen-bond donors (Lipinski definition) is 2. The highest BCUT2D eigenvalue weighted by Gasteiger charge is 2.30. The molecule has 3 N–H and O–H groups in total. The fraction of sp³-hybridized carbons (Fsp3) is 0.353. The monoisotopic (exact) mass is 372 g/mol. The van der Waals surface area contributed by atoms with Crippen molar-refractivity contribution in [3.8, 4) is 0 Å². The molecule has 0 saturated heterocycles. The molecule has 0 radical (unpaired) electrons. The van der Waals surface area contributed by atoms with E-state index < -0.39 is 35.6 Å². The third-order valence-electron chi connectivity index (χ3n) is 3.21. The van der Waals surface area contributed by atoms with Crippen LogP contribution in [0, 0.1) is 0 Å². The Kier molecular flexibility index (Phi) is 7.82. The number of amides is 2. The summed E-state index contributed by atoms with van der Waals surface area (Å²) in [5.41, 5.74) is 4.46. The van der Waals surface area contributed by atoms with Crippen LogP contribution >= 0.6 is 0 Å². The van der Waals surface area contributed by atoms with Crippen molar-refractivity contribution in [2.75, 3.05) is 6.61 Å². The molecule has 0 aliphatic heterocycles. The molecule has 1 rings (SSSR count). The molecule has 0 fully saturated rings. The zero-order chi connectivity index (χ0) is 19.7. The molecule has 1 aromatic carbocycles. The van der Waals surface area contributed by atoms with E-state index in [2.05, 4.69) is 10.1 Å². The van der Waals surface area contributed by atoms with Gasteiger partial charge in [0.1, 0.15) is 6.04 Å². The molecule has 6 nitrogen and oxygen atoms in total. The average Bonchev–Trinajstić information content (AvgIpc) is 2.53. The average molecular weight is 372 g/mol. The Morgan fingerprint density at radius 2 is 2.00 bits per heavy atom. The van der Waals surface area contributed by atoms with Crippen molar-refractivity contribution >= 4 is 17.8 Å². The summed E-state index contributed by atoms with van der Waals surface area (Å²) in [6.07, 6.45) is -2.51. The van der Waals surface area contributed by atoms with Gasteiger partial charge in [-0.3, -0.25) is 9.59 Å². The van der Waals surface area contributed by atoms with Crippen molar-refractivity contribution in [3.63, 3.8) is 0 Å². The molecule has 1 aromatic rings. The fourth-order valence-electron chi connectivity index (χ4n) is 2.03. The molecule has 0 saturated carbocycles. The summed E-state index contributed by atoms with van der Waals surface area (Å²) in [6.45, 7) is 1.82. The van der Waals surface area contributed by atoms with Crippen LogP contribution in [0.3, 0.4) is 0 Å². The first kappa shape index (κ1) is 21.2. The van der Waals surface area contributed by atoms with Gasteiger partial charge in [-0.15, -0.1) is 0 Å². The van der Waals surface area contributed by atoms with Gasteiger partial charge in [0.25, 0.3) is 0 Å². The van der Waals surface area contributed by atoms with Crippen molar-refractivity contribution in [2.24, 2.45) is 5.73 Å². The maximum absolute atomic E-state index is 12.7. The molecule has 0 heterocycles. The van der Waals surface area contributed by atoms with Gasteiger partial charge in [0.05, 0.1) is 18.6 Å². The summed E-state index contributed by atoms with van der Waals surface area (Å²) < 4.78 is 42.7. The van der Waals surface area contributed by atoms with Gasteiger partial charge in [-0.25, -0.2) is 4.79 Å². The van der Waals surface area contributed by atoms with Crippen LogP contribution in [0.5, 0.6) is 0 Å². The minimum absolute atomic E-state index is 0.0531. The van der Waals surface area contributed by atoms with Gasteiger partial charge in [0, 0.05) is 6.08 Å². The second-order valence-corrected chi connectivity index (χ2v) is 5.29. The largest absolute Gasteiger partial charge is 0.463 e. The van der Waals surface area contributed by atoms with Crippen molar-refractivity contribution in [1.82, 2.24) is 5.32 Å². The van der Waals surface area contributed by atoms with E-state index in [1.165, 1.54) is 18.2 Å². The Balaban J connectivity index is 2.68. The van der Waals surface area contributed by atoms with Crippen LogP contribution in [0.25, 0.3) is 0 Å². The molecule has 9 heteroatoms. The first-order chi connectivity index (χ1) is 12.1. The topological polar surface area (TPSA) is 98.5 Å². The standard InChI is InChI=1S/C17H19F3N2O4/c1-2-26-15(24)8-4-7-13(16(21)25)22-14(23)10-11-5-3-6-12(9-11)17(18,19)20/h3-6,8-9,13H,2,7,10H2,1H3,(H2,21,25)(H,22,23)/b8-4+/t13-/m1/s1. The number of ether oxygens (including phenoxy) is 1. The zero-order valence-electron chi connectivity index (χ0n) is 14.0. The second kappa shape index (κ2) is 9.59. The first-order valence-corrected chi connectivity index (χ1v) is 7.71. The van der Waals surface area contributed by atoms with Gasteiger partial charge in [-0.2, -0.15) is 13.2 Å². The number of carbonyl (C=O) groups excluding carboxylic acids is 3. The maximum Gasteiger partial charge on any atom is 0.416 e. The zero-order valence-corrected chi connectivity index (χ0v) is 14.0. The number of primary amides is 1. The lowest BCUT2D eigenvalue weighted by atomic mass is 10.1. The normalized spacial score (nSPS) is 12.6. The van der Waals surface area contributed by atoms with Gasteiger partial charge in [-0.1, -0.05) is 24.3 Å². The Morgan fingerprint density at radius 1 is 1.31 bits per heavy atom. The number of benzene rings is 1. The van der Waals surface area contributed by atoms with E-state index in [-0.39, 0.29) is 25.0 Å². The molecule has 0 unspecified atom stereocenters. The summed E-state index contributed by atoms with van der Waals surface area (Å²) in [6, 6.07) is 3.22. The van der Waals surface area contributed by atoms with E-state index in [1.54, 1.807) is 6.92 Å². The summed E-state index contributed by atoms with van der Waals surface area (Å²) in [4.78, 5) is 34.5. The Bertz CT molecular complexity index is 687. The number of nitrogens with one attached hydrogen (secondary N) is 1.